The first-order valence-corrected chi connectivity index (χ1v) is 6.54. The Balaban J connectivity index is 2.70. The summed E-state index contributed by atoms with van der Waals surface area (Å²) in [6, 6.07) is 1.48. The summed E-state index contributed by atoms with van der Waals surface area (Å²) >= 11 is 0. The van der Waals surface area contributed by atoms with Gasteiger partial charge in [0.15, 0.2) is 0 Å². The molecule has 1 N–H and O–H groups in total. The molecule has 3 nitrogen and oxygen atoms in total. The first kappa shape index (κ1) is 14.9. The molecule has 0 saturated carbocycles. The van der Waals surface area contributed by atoms with Crippen molar-refractivity contribution in [3.05, 3.63) is 23.6 Å². The molecular formula is C14H23FN2O. The zero-order valence-corrected chi connectivity index (χ0v) is 11.7. The molecule has 0 aliphatic heterocycles. The van der Waals surface area contributed by atoms with Crippen molar-refractivity contribution in [2.75, 3.05) is 6.54 Å². The number of aromatic nitrogens is 1. The van der Waals surface area contributed by atoms with Gasteiger partial charge >= 0.3 is 0 Å². The van der Waals surface area contributed by atoms with E-state index >= 15 is 0 Å². The van der Waals surface area contributed by atoms with Crippen LogP contribution in [0.2, 0.25) is 0 Å². The van der Waals surface area contributed by atoms with Crippen LogP contribution >= 0.6 is 0 Å². The topological polar surface area (TPSA) is 34.1 Å². The molecule has 1 aromatic heterocycles. The third kappa shape index (κ3) is 5.00. The fraction of sp³-hybridized carbons (Fsp3) is 0.643. The van der Waals surface area contributed by atoms with Gasteiger partial charge in [0.2, 0.25) is 5.88 Å². The van der Waals surface area contributed by atoms with Crippen molar-refractivity contribution in [1.29, 1.82) is 0 Å². The highest BCUT2D eigenvalue weighted by atomic mass is 19.1. The van der Waals surface area contributed by atoms with Crippen LogP contribution in [0.25, 0.3) is 0 Å². The van der Waals surface area contributed by atoms with Gasteiger partial charge in [0, 0.05) is 12.1 Å². The van der Waals surface area contributed by atoms with E-state index in [0.29, 0.717) is 18.3 Å². The van der Waals surface area contributed by atoms with Crippen molar-refractivity contribution in [3.63, 3.8) is 0 Å². The average molecular weight is 254 g/mol. The second-order valence-corrected chi connectivity index (χ2v) is 4.98. The van der Waals surface area contributed by atoms with Crippen molar-refractivity contribution >= 4 is 0 Å². The number of ether oxygens (including phenoxy) is 1. The smallest absolute Gasteiger partial charge is 0.218 e. The van der Waals surface area contributed by atoms with Crippen LogP contribution in [-0.4, -0.2) is 17.6 Å². The van der Waals surface area contributed by atoms with Crippen molar-refractivity contribution in [3.8, 4) is 5.88 Å². The Morgan fingerprint density at radius 2 is 2.11 bits per heavy atom. The maximum Gasteiger partial charge on any atom is 0.218 e. The van der Waals surface area contributed by atoms with Gasteiger partial charge in [0.25, 0.3) is 0 Å². The zero-order chi connectivity index (χ0) is 13.5. The van der Waals surface area contributed by atoms with Crippen LogP contribution < -0.4 is 10.1 Å². The highest BCUT2D eigenvalue weighted by Crippen LogP contribution is 2.18. The molecule has 0 fully saturated rings. The van der Waals surface area contributed by atoms with Crippen LogP contribution in [0.15, 0.2) is 12.3 Å². The highest BCUT2D eigenvalue weighted by Gasteiger charge is 2.10. The molecule has 1 heterocycles. The van der Waals surface area contributed by atoms with Gasteiger partial charge < -0.3 is 10.1 Å². The van der Waals surface area contributed by atoms with Crippen molar-refractivity contribution < 1.29 is 9.13 Å². The van der Waals surface area contributed by atoms with Gasteiger partial charge in [-0.25, -0.2) is 9.37 Å². The molecule has 18 heavy (non-hydrogen) atoms. The molecule has 0 amide bonds. The molecule has 1 aromatic rings. The van der Waals surface area contributed by atoms with Crippen molar-refractivity contribution in [2.24, 2.45) is 5.92 Å². The molecule has 1 rings (SSSR count). The summed E-state index contributed by atoms with van der Waals surface area (Å²) in [4.78, 5) is 4.03. The van der Waals surface area contributed by atoms with Gasteiger partial charge in [-0.1, -0.05) is 20.8 Å². The summed E-state index contributed by atoms with van der Waals surface area (Å²) in [6.07, 6.45) is 2.19. The number of hydrogen-bond acceptors (Lipinski definition) is 3. The Kier molecular flexibility index (Phi) is 6.05. The first-order chi connectivity index (χ1) is 8.52. The fourth-order valence-corrected chi connectivity index (χ4v) is 1.47. The molecule has 0 spiro atoms. The molecule has 102 valence electrons. The number of halogens is 1. The lowest BCUT2D eigenvalue weighted by Gasteiger charge is -2.15. The average Bonchev–Trinajstić information content (AvgIpc) is 2.31. The Bertz CT molecular complexity index is 369. The maximum atomic E-state index is 13.2. The van der Waals surface area contributed by atoms with Crippen LogP contribution in [0.3, 0.4) is 0 Å². The van der Waals surface area contributed by atoms with Gasteiger partial charge in [-0.2, -0.15) is 0 Å². The zero-order valence-electron chi connectivity index (χ0n) is 11.7. The lowest BCUT2D eigenvalue weighted by molar-refractivity contribution is 0.205. The summed E-state index contributed by atoms with van der Waals surface area (Å²) < 4.78 is 18.9. The van der Waals surface area contributed by atoms with Crippen molar-refractivity contribution in [1.82, 2.24) is 10.3 Å². The molecule has 0 aliphatic rings. The largest absolute Gasteiger partial charge is 0.474 e. The lowest BCUT2D eigenvalue weighted by atomic mass is 10.2. The van der Waals surface area contributed by atoms with E-state index in [4.69, 9.17) is 4.74 Å². The summed E-state index contributed by atoms with van der Waals surface area (Å²) in [5.41, 5.74) is 0.774. The number of nitrogens with zero attached hydrogens (tertiary/aromatic N) is 1. The number of hydrogen-bond donors (Lipinski definition) is 1. The van der Waals surface area contributed by atoms with Crippen LogP contribution in [0.4, 0.5) is 4.39 Å². The quantitative estimate of drug-likeness (QED) is 0.811. The minimum atomic E-state index is -0.326. The molecule has 0 radical (unpaired) electrons. The van der Waals surface area contributed by atoms with E-state index in [1.165, 1.54) is 12.3 Å². The Labute approximate surface area is 109 Å². The predicted octanol–water partition coefficient (Wildman–Crippen LogP) is 3.14. The normalized spacial score (nSPS) is 12.8. The fourth-order valence-electron chi connectivity index (χ4n) is 1.47. The summed E-state index contributed by atoms with van der Waals surface area (Å²) in [5.74, 6) is 0.764. The minimum Gasteiger partial charge on any atom is -0.474 e. The van der Waals surface area contributed by atoms with E-state index in [0.717, 1.165) is 18.5 Å². The number of rotatable bonds is 7. The summed E-state index contributed by atoms with van der Waals surface area (Å²) in [6.45, 7) is 9.76. The van der Waals surface area contributed by atoms with E-state index in [-0.39, 0.29) is 11.9 Å². The Morgan fingerprint density at radius 3 is 2.72 bits per heavy atom. The second-order valence-electron chi connectivity index (χ2n) is 4.98. The van der Waals surface area contributed by atoms with Gasteiger partial charge in [-0.15, -0.1) is 0 Å². The molecule has 4 heteroatoms. The monoisotopic (exact) mass is 254 g/mol. The minimum absolute atomic E-state index is 0.0896. The molecular weight excluding hydrogens is 231 g/mol. The Hall–Kier alpha value is -1.16. The van der Waals surface area contributed by atoms with E-state index in [2.05, 4.69) is 24.1 Å². The van der Waals surface area contributed by atoms with Gasteiger partial charge in [-0.05, 0) is 31.9 Å². The summed E-state index contributed by atoms with van der Waals surface area (Å²) in [5, 5.41) is 3.27. The van der Waals surface area contributed by atoms with Gasteiger partial charge in [0.05, 0.1) is 12.3 Å². The molecule has 0 aromatic carbocycles. The SMILES string of the molecule is CCC(C)Oc1ncc(F)cc1CNCC(C)C. The van der Waals surface area contributed by atoms with Crippen LogP contribution in [0, 0.1) is 11.7 Å². The van der Waals surface area contributed by atoms with Crippen LogP contribution in [0.1, 0.15) is 39.7 Å². The van der Waals surface area contributed by atoms with E-state index in [9.17, 15) is 4.39 Å². The molecule has 0 aliphatic carbocycles. The van der Waals surface area contributed by atoms with Gasteiger partial charge in [0.1, 0.15) is 5.82 Å². The standard InChI is InChI=1S/C14H23FN2O/c1-5-11(4)18-14-12(6-13(15)9-17-14)8-16-7-10(2)3/h6,9-11,16H,5,7-8H2,1-4H3. The van der Waals surface area contributed by atoms with Gasteiger partial charge in [-0.3, -0.25) is 0 Å². The first-order valence-electron chi connectivity index (χ1n) is 6.54. The van der Waals surface area contributed by atoms with Crippen LogP contribution in [0.5, 0.6) is 5.88 Å². The third-order valence-electron chi connectivity index (χ3n) is 2.65. The van der Waals surface area contributed by atoms with E-state index < -0.39 is 0 Å². The third-order valence-corrected chi connectivity index (χ3v) is 2.65. The van der Waals surface area contributed by atoms with Crippen molar-refractivity contribution in [2.45, 2.75) is 46.8 Å². The second kappa shape index (κ2) is 7.31. The number of nitrogens with one attached hydrogen (secondary N) is 1. The van der Waals surface area contributed by atoms with E-state index in [1.807, 2.05) is 13.8 Å². The Morgan fingerprint density at radius 1 is 1.39 bits per heavy atom. The summed E-state index contributed by atoms with van der Waals surface area (Å²) in [7, 11) is 0. The predicted molar refractivity (Wildman–Crippen MR) is 71.1 cm³/mol. The van der Waals surface area contributed by atoms with Crippen LogP contribution in [-0.2, 0) is 6.54 Å². The molecule has 0 bridgehead atoms. The maximum absolute atomic E-state index is 13.2. The molecule has 1 unspecified atom stereocenters. The number of pyridine rings is 1. The highest BCUT2D eigenvalue weighted by molar-refractivity contribution is 5.26. The van der Waals surface area contributed by atoms with E-state index in [1.54, 1.807) is 0 Å². The lowest BCUT2D eigenvalue weighted by Crippen LogP contribution is -2.21. The molecule has 1 atom stereocenters. The molecule has 0 saturated heterocycles.